The van der Waals surface area contributed by atoms with Gasteiger partial charge in [-0.15, -0.1) is 0 Å². The quantitative estimate of drug-likeness (QED) is 0.653. The van der Waals surface area contributed by atoms with E-state index in [0.717, 1.165) is 5.57 Å². The molecule has 0 aromatic heterocycles. The van der Waals surface area contributed by atoms with Gasteiger partial charge in [0.15, 0.2) is 0 Å². The fourth-order valence-electron chi connectivity index (χ4n) is 2.04. The molecule has 2 N–H and O–H groups in total. The Morgan fingerprint density at radius 2 is 1.69 bits per heavy atom. The average Bonchev–Trinajstić information content (AvgIpc) is 2.17. The molecule has 0 saturated heterocycles. The number of allylic oxidation sites excluding steroid dienone is 1. The average molecular weight is 181 g/mol. The van der Waals surface area contributed by atoms with Gasteiger partial charge in [0.1, 0.15) is 0 Å². The lowest BCUT2D eigenvalue weighted by atomic mass is 9.82. The Morgan fingerprint density at radius 3 is 2.15 bits per heavy atom. The van der Waals surface area contributed by atoms with Crippen LogP contribution >= 0.6 is 0 Å². The van der Waals surface area contributed by atoms with Crippen molar-refractivity contribution in [1.82, 2.24) is 0 Å². The number of hydrogen-bond acceptors (Lipinski definition) is 1. The highest BCUT2D eigenvalue weighted by Gasteiger charge is 2.17. The van der Waals surface area contributed by atoms with Crippen LogP contribution < -0.4 is 5.73 Å². The number of carbonyl (C=O) groups excluding carboxylic acids is 1. The second-order valence-corrected chi connectivity index (χ2v) is 4.01. The van der Waals surface area contributed by atoms with Crippen LogP contribution in [0.4, 0.5) is 0 Å². The van der Waals surface area contributed by atoms with Gasteiger partial charge in [-0.25, -0.2) is 0 Å². The van der Waals surface area contributed by atoms with E-state index in [2.05, 4.69) is 6.92 Å². The summed E-state index contributed by atoms with van der Waals surface area (Å²) in [6.07, 6.45) is 6.41. The summed E-state index contributed by atoms with van der Waals surface area (Å²) in [5, 5.41) is 0. The van der Waals surface area contributed by atoms with Crippen LogP contribution in [0.15, 0.2) is 11.1 Å². The van der Waals surface area contributed by atoms with Crippen LogP contribution in [-0.2, 0) is 4.79 Å². The predicted molar refractivity (Wildman–Crippen MR) is 54.1 cm³/mol. The molecule has 0 atom stereocenters. The van der Waals surface area contributed by atoms with Crippen molar-refractivity contribution >= 4 is 5.91 Å². The molecule has 2 nitrogen and oxygen atoms in total. The molecule has 1 amide bonds. The molecule has 2 heteroatoms. The van der Waals surface area contributed by atoms with Gasteiger partial charge >= 0.3 is 0 Å². The van der Waals surface area contributed by atoms with Crippen molar-refractivity contribution in [3.8, 4) is 0 Å². The summed E-state index contributed by atoms with van der Waals surface area (Å²) < 4.78 is 0. The third kappa shape index (κ3) is 2.58. The fraction of sp³-hybridized carbons (Fsp3) is 0.727. The van der Waals surface area contributed by atoms with Gasteiger partial charge in [0.25, 0.3) is 0 Å². The van der Waals surface area contributed by atoms with E-state index in [9.17, 15) is 4.79 Å². The van der Waals surface area contributed by atoms with Crippen molar-refractivity contribution in [3.63, 3.8) is 0 Å². The SMILES string of the molecule is C/C(C(N)=O)=C(\C)C1CCCCC1. The minimum Gasteiger partial charge on any atom is -0.366 e. The molecule has 0 aromatic carbocycles. The molecule has 1 rings (SSSR count). The van der Waals surface area contributed by atoms with Crippen LogP contribution in [0.1, 0.15) is 46.0 Å². The first-order valence-corrected chi connectivity index (χ1v) is 5.10. The first-order valence-electron chi connectivity index (χ1n) is 5.10. The Hall–Kier alpha value is -0.790. The van der Waals surface area contributed by atoms with Gasteiger partial charge in [-0.2, -0.15) is 0 Å². The van der Waals surface area contributed by atoms with Gasteiger partial charge in [0, 0.05) is 5.57 Å². The molecular weight excluding hydrogens is 162 g/mol. The van der Waals surface area contributed by atoms with E-state index in [1.165, 1.54) is 37.7 Å². The normalized spacial score (nSPS) is 21.1. The summed E-state index contributed by atoms with van der Waals surface area (Å²) in [6.45, 7) is 3.89. The fourth-order valence-corrected chi connectivity index (χ4v) is 2.04. The largest absolute Gasteiger partial charge is 0.366 e. The van der Waals surface area contributed by atoms with Crippen LogP contribution in [0.25, 0.3) is 0 Å². The van der Waals surface area contributed by atoms with Gasteiger partial charge in [-0.1, -0.05) is 24.8 Å². The monoisotopic (exact) mass is 181 g/mol. The second-order valence-electron chi connectivity index (χ2n) is 4.01. The van der Waals surface area contributed by atoms with Gasteiger partial charge in [0.2, 0.25) is 5.91 Å². The zero-order valence-electron chi connectivity index (χ0n) is 8.60. The first kappa shape index (κ1) is 10.3. The molecule has 0 unspecified atom stereocenters. The molecule has 13 heavy (non-hydrogen) atoms. The third-order valence-electron chi connectivity index (χ3n) is 3.18. The Balaban J connectivity index is 2.68. The standard InChI is InChI=1S/C11H19NO/c1-8(9(2)11(12)13)10-6-4-3-5-7-10/h10H,3-7H2,1-2H3,(H2,12,13)/b9-8-. The maximum Gasteiger partial charge on any atom is 0.244 e. The highest BCUT2D eigenvalue weighted by Crippen LogP contribution is 2.30. The molecule has 1 saturated carbocycles. The lowest BCUT2D eigenvalue weighted by Crippen LogP contribution is -2.17. The van der Waals surface area contributed by atoms with E-state index in [4.69, 9.17) is 5.73 Å². The molecule has 0 aromatic rings. The van der Waals surface area contributed by atoms with E-state index in [1.54, 1.807) is 0 Å². The van der Waals surface area contributed by atoms with E-state index in [1.807, 2.05) is 6.92 Å². The van der Waals surface area contributed by atoms with Gasteiger partial charge < -0.3 is 5.73 Å². The Bertz CT molecular complexity index is 224. The Kier molecular flexibility index (Phi) is 3.52. The number of primary amides is 1. The predicted octanol–water partition coefficient (Wildman–Crippen LogP) is 2.39. The molecule has 1 aliphatic carbocycles. The van der Waals surface area contributed by atoms with E-state index >= 15 is 0 Å². The summed E-state index contributed by atoms with van der Waals surface area (Å²) >= 11 is 0. The van der Waals surface area contributed by atoms with Gasteiger partial charge in [-0.3, -0.25) is 4.79 Å². The van der Waals surface area contributed by atoms with E-state index in [-0.39, 0.29) is 5.91 Å². The molecule has 74 valence electrons. The highest BCUT2D eigenvalue weighted by molar-refractivity contribution is 5.92. The van der Waals surface area contributed by atoms with Crippen LogP contribution in [0.3, 0.4) is 0 Å². The van der Waals surface area contributed by atoms with Crippen LogP contribution in [0.2, 0.25) is 0 Å². The highest BCUT2D eigenvalue weighted by atomic mass is 16.1. The number of amides is 1. The maximum atomic E-state index is 10.9. The Morgan fingerprint density at radius 1 is 1.15 bits per heavy atom. The zero-order valence-corrected chi connectivity index (χ0v) is 8.60. The van der Waals surface area contributed by atoms with Crippen molar-refractivity contribution in [2.24, 2.45) is 11.7 Å². The number of hydrogen-bond donors (Lipinski definition) is 1. The third-order valence-corrected chi connectivity index (χ3v) is 3.18. The second kappa shape index (κ2) is 4.45. The first-order chi connectivity index (χ1) is 6.13. The smallest absolute Gasteiger partial charge is 0.244 e. The summed E-state index contributed by atoms with van der Waals surface area (Å²) in [4.78, 5) is 10.9. The van der Waals surface area contributed by atoms with Crippen molar-refractivity contribution in [2.75, 3.05) is 0 Å². The molecule has 0 bridgehead atoms. The molecule has 1 fully saturated rings. The summed E-state index contributed by atoms with van der Waals surface area (Å²) in [5.74, 6) is 0.351. The molecule has 0 heterocycles. The van der Waals surface area contributed by atoms with Crippen molar-refractivity contribution < 1.29 is 4.79 Å². The van der Waals surface area contributed by atoms with Crippen molar-refractivity contribution in [1.29, 1.82) is 0 Å². The topological polar surface area (TPSA) is 43.1 Å². The van der Waals surface area contributed by atoms with E-state index in [0.29, 0.717) is 5.92 Å². The van der Waals surface area contributed by atoms with Crippen LogP contribution in [-0.4, -0.2) is 5.91 Å². The number of nitrogens with two attached hydrogens (primary N) is 1. The number of rotatable bonds is 2. The van der Waals surface area contributed by atoms with Crippen molar-refractivity contribution in [2.45, 2.75) is 46.0 Å². The zero-order chi connectivity index (χ0) is 9.84. The molecule has 0 radical (unpaired) electrons. The number of carbonyl (C=O) groups is 1. The molecule has 0 aliphatic heterocycles. The van der Waals surface area contributed by atoms with E-state index < -0.39 is 0 Å². The Labute approximate surface area is 80.2 Å². The van der Waals surface area contributed by atoms with Crippen LogP contribution in [0.5, 0.6) is 0 Å². The van der Waals surface area contributed by atoms with Crippen molar-refractivity contribution in [3.05, 3.63) is 11.1 Å². The molecule has 0 spiro atoms. The summed E-state index contributed by atoms with van der Waals surface area (Å²) in [5.41, 5.74) is 7.23. The van der Waals surface area contributed by atoms with Gasteiger partial charge in [-0.05, 0) is 32.6 Å². The summed E-state index contributed by atoms with van der Waals surface area (Å²) in [6, 6.07) is 0. The summed E-state index contributed by atoms with van der Waals surface area (Å²) in [7, 11) is 0. The minimum atomic E-state index is -0.261. The van der Waals surface area contributed by atoms with Gasteiger partial charge in [0.05, 0.1) is 0 Å². The lowest BCUT2D eigenvalue weighted by Gasteiger charge is -2.23. The minimum absolute atomic E-state index is 0.261. The lowest BCUT2D eigenvalue weighted by molar-refractivity contribution is -0.114. The molecular formula is C11H19NO. The van der Waals surface area contributed by atoms with Crippen LogP contribution in [0, 0.1) is 5.92 Å². The maximum absolute atomic E-state index is 10.9. The molecule has 1 aliphatic rings.